The smallest absolute Gasteiger partial charge is 0.132 e. The van der Waals surface area contributed by atoms with Crippen LogP contribution in [0.2, 0.25) is 0 Å². The minimum atomic E-state index is 0.0625. The van der Waals surface area contributed by atoms with Crippen LogP contribution in [0, 0.1) is 0 Å². The first-order valence-corrected chi connectivity index (χ1v) is 4.70. The quantitative estimate of drug-likeness (QED) is 0.661. The Balaban J connectivity index is 2.09. The first-order chi connectivity index (χ1) is 6.86. The Morgan fingerprint density at radius 3 is 3.29 bits per heavy atom. The summed E-state index contributed by atoms with van der Waals surface area (Å²) in [5.74, 6) is 0.918. The number of aromatic nitrogens is 2. The van der Waals surface area contributed by atoms with Crippen molar-refractivity contribution in [2.45, 2.75) is 6.04 Å². The highest BCUT2D eigenvalue weighted by Crippen LogP contribution is 2.10. The van der Waals surface area contributed by atoms with Gasteiger partial charge in [0.05, 0.1) is 13.2 Å². The fraction of sp³-hybridized carbons (Fsp3) is 0.556. The van der Waals surface area contributed by atoms with Crippen LogP contribution in [-0.2, 0) is 4.74 Å². The molecule has 2 N–H and O–H groups in total. The van der Waals surface area contributed by atoms with Crippen LogP contribution < -0.4 is 10.6 Å². The molecule has 1 unspecified atom stereocenters. The Bertz CT molecular complexity index is 279. The zero-order valence-electron chi connectivity index (χ0n) is 7.97. The lowest BCUT2D eigenvalue weighted by molar-refractivity contribution is 0.142. The molecule has 0 bridgehead atoms. The van der Waals surface area contributed by atoms with Crippen molar-refractivity contribution < 1.29 is 4.74 Å². The average molecular weight is 194 g/mol. The topological polar surface area (TPSA) is 64.3 Å². The number of nitrogens with zero attached hydrogens (tertiary/aromatic N) is 3. The lowest BCUT2D eigenvalue weighted by Crippen LogP contribution is -2.38. The lowest BCUT2D eigenvalue weighted by Gasteiger charge is -2.22. The summed E-state index contributed by atoms with van der Waals surface area (Å²) in [7, 11) is 0. The van der Waals surface area contributed by atoms with Gasteiger partial charge in [-0.15, -0.1) is 0 Å². The predicted octanol–water partition coefficient (Wildman–Crippen LogP) is -0.360. The molecule has 1 aliphatic rings. The molecule has 14 heavy (non-hydrogen) atoms. The first kappa shape index (κ1) is 9.36. The summed E-state index contributed by atoms with van der Waals surface area (Å²) in [6.07, 6.45) is 3.28. The van der Waals surface area contributed by atoms with Crippen LogP contribution in [0.3, 0.4) is 0 Å². The SMILES string of the molecule is NC1COCCN(c2ccncn2)C1. The van der Waals surface area contributed by atoms with Gasteiger partial charge in [0.2, 0.25) is 0 Å². The average Bonchev–Trinajstić information content (AvgIpc) is 2.44. The van der Waals surface area contributed by atoms with Crippen molar-refractivity contribution in [3.63, 3.8) is 0 Å². The molecule has 2 rings (SSSR count). The fourth-order valence-electron chi connectivity index (χ4n) is 1.52. The number of ether oxygens (including phenoxy) is 1. The van der Waals surface area contributed by atoms with Gasteiger partial charge >= 0.3 is 0 Å². The number of rotatable bonds is 1. The molecule has 0 aliphatic carbocycles. The molecule has 1 saturated heterocycles. The molecule has 1 aliphatic heterocycles. The van der Waals surface area contributed by atoms with Crippen LogP contribution in [0.4, 0.5) is 5.82 Å². The fourth-order valence-corrected chi connectivity index (χ4v) is 1.52. The second-order valence-corrected chi connectivity index (χ2v) is 3.35. The molecule has 1 aromatic rings. The van der Waals surface area contributed by atoms with E-state index in [1.807, 2.05) is 6.07 Å². The van der Waals surface area contributed by atoms with Crippen molar-refractivity contribution >= 4 is 5.82 Å². The van der Waals surface area contributed by atoms with E-state index in [0.29, 0.717) is 13.2 Å². The van der Waals surface area contributed by atoms with Crippen LogP contribution in [-0.4, -0.2) is 42.3 Å². The summed E-state index contributed by atoms with van der Waals surface area (Å²) in [6, 6.07) is 1.95. The molecule has 0 radical (unpaired) electrons. The molecule has 0 amide bonds. The van der Waals surface area contributed by atoms with Crippen molar-refractivity contribution in [1.29, 1.82) is 0 Å². The van der Waals surface area contributed by atoms with Crippen LogP contribution in [0.15, 0.2) is 18.6 Å². The van der Waals surface area contributed by atoms with Gasteiger partial charge in [0.25, 0.3) is 0 Å². The zero-order chi connectivity index (χ0) is 9.80. The van der Waals surface area contributed by atoms with E-state index in [2.05, 4.69) is 14.9 Å². The molecule has 1 aromatic heterocycles. The zero-order valence-corrected chi connectivity index (χ0v) is 7.97. The molecule has 1 atom stereocenters. The van der Waals surface area contributed by atoms with E-state index < -0.39 is 0 Å². The molecule has 5 heteroatoms. The minimum Gasteiger partial charge on any atom is -0.378 e. The van der Waals surface area contributed by atoms with E-state index in [9.17, 15) is 0 Å². The predicted molar refractivity (Wildman–Crippen MR) is 53.0 cm³/mol. The van der Waals surface area contributed by atoms with Crippen LogP contribution >= 0.6 is 0 Å². The second-order valence-electron chi connectivity index (χ2n) is 3.35. The molecule has 0 spiro atoms. The minimum absolute atomic E-state index is 0.0625. The van der Waals surface area contributed by atoms with Gasteiger partial charge in [-0.3, -0.25) is 0 Å². The van der Waals surface area contributed by atoms with Crippen LogP contribution in [0.25, 0.3) is 0 Å². The Morgan fingerprint density at radius 1 is 1.57 bits per heavy atom. The summed E-state index contributed by atoms with van der Waals surface area (Å²) in [5, 5.41) is 0. The Morgan fingerprint density at radius 2 is 2.50 bits per heavy atom. The van der Waals surface area contributed by atoms with E-state index in [1.54, 1.807) is 12.5 Å². The van der Waals surface area contributed by atoms with Crippen molar-refractivity contribution in [2.75, 3.05) is 31.2 Å². The molecule has 1 fully saturated rings. The van der Waals surface area contributed by atoms with Crippen molar-refractivity contribution in [2.24, 2.45) is 5.73 Å². The van der Waals surface area contributed by atoms with Crippen molar-refractivity contribution in [3.05, 3.63) is 18.6 Å². The van der Waals surface area contributed by atoms with Gasteiger partial charge in [-0.05, 0) is 6.07 Å². The molecular weight excluding hydrogens is 180 g/mol. The van der Waals surface area contributed by atoms with Gasteiger partial charge in [-0.2, -0.15) is 0 Å². The Kier molecular flexibility index (Phi) is 2.90. The summed E-state index contributed by atoms with van der Waals surface area (Å²) in [4.78, 5) is 10.2. The van der Waals surface area contributed by atoms with Gasteiger partial charge in [0, 0.05) is 25.3 Å². The third-order valence-electron chi connectivity index (χ3n) is 2.18. The van der Waals surface area contributed by atoms with Gasteiger partial charge in [-0.25, -0.2) is 9.97 Å². The van der Waals surface area contributed by atoms with Gasteiger partial charge in [-0.1, -0.05) is 0 Å². The van der Waals surface area contributed by atoms with E-state index >= 15 is 0 Å². The maximum Gasteiger partial charge on any atom is 0.132 e. The normalized spacial score (nSPS) is 23.2. The van der Waals surface area contributed by atoms with E-state index in [4.69, 9.17) is 10.5 Å². The molecule has 0 saturated carbocycles. The van der Waals surface area contributed by atoms with Crippen LogP contribution in [0.1, 0.15) is 0 Å². The van der Waals surface area contributed by atoms with Gasteiger partial charge < -0.3 is 15.4 Å². The molecule has 76 valence electrons. The number of anilines is 1. The summed E-state index contributed by atoms with van der Waals surface area (Å²) in [5.41, 5.74) is 5.85. The van der Waals surface area contributed by atoms with E-state index in [-0.39, 0.29) is 6.04 Å². The number of hydrogen-bond acceptors (Lipinski definition) is 5. The highest BCUT2D eigenvalue weighted by atomic mass is 16.5. The Hall–Kier alpha value is -1.20. The van der Waals surface area contributed by atoms with Crippen molar-refractivity contribution in [1.82, 2.24) is 9.97 Å². The van der Waals surface area contributed by atoms with Crippen LogP contribution in [0.5, 0.6) is 0 Å². The third kappa shape index (κ3) is 2.18. The monoisotopic (exact) mass is 194 g/mol. The highest BCUT2D eigenvalue weighted by Gasteiger charge is 2.15. The number of hydrogen-bond donors (Lipinski definition) is 1. The standard InChI is InChI=1S/C9H14N4O/c10-8-5-13(3-4-14-6-8)9-1-2-11-7-12-9/h1-2,7-8H,3-6,10H2. The third-order valence-corrected chi connectivity index (χ3v) is 2.18. The maximum atomic E-state index is 5.85. The molecule has 0 aromatic carbocycles. The molecule has 2 heterocycles. The van der Waals surface area contributed by atoms with E-state index in [1.165, 1.54) is 0 Å². The summed E-state index contributed by atoms with van der Waals surface area (Å²) < 4.78 is 5.35. The maximum absolute atomic E-state index is 5.85. The summed E-state index contributed by atoms with van der Waals surface area (Å²) in [6.45, 7) is 2.96. The molecule has 5 nitrogen and oxygen atoms in total. The van der Waals surface area contributed by atoms with E-state index in [0.717, 1.165) is 18.9 Å². The number of nitrogens with two attached hydrogens (primary N) is 1. The first-order valence-electron chi connectivity index (χ1n) is 4.70. The summed E-state index contributed by atoms with van der Waals surface area (Å²) >= 11 is 0. The van der Waals surface area contributed by atoms with Crippen molar-refractivity contribution in [3.8, 4) is 0 Å². The lowest BCUT2D eigenvalue weighted by atomic mass is 10.3. The second kappa shape index (κ2) is 4.34. The highest BCUT2D eigenvalue weighted by molar-refractivity contribution is 5.36. The Labute approximate surface area is 82.9 Å². The van der Waals surface area contributed by atoms with Gasteiger partial charge in [0.15, 0.2) is 0 Å². The largest absolute Gasteiger partial charge is 0.378 e. The molecular formula is C9H14N4O. The van der Waals surface area contributed by atoms with Gasteiger partial charge in [0.1, 0.15) is 12.1 Å².